The van der Waals surface area contributed by atoms with Gasteiger partial charge in [0.15, 0.2) is 17.6 Å². The maximum absolute atomic E-state index is 11.8. The zero-order chi connectivity index (χ0) is 15.5. The molecule has 1 aliphatic rings. The molecule has 0 aliphatic carbocycles. The zero-order valence-corrected chi connectivity index (χ0v) is 12.7. The van der Waals surface area contributed by atoms with Crippen molar-refractivity contribution in [3.63, 3.8) is 0 Å². The van der Waals surface area contributed by atoms with Crippen molar-refractivity contribution in [2.75, 3.05) is 20.7 Å². The van der Waals surface area contributed by atoms with Crippen LogP contribution in [0.2, 0.25) is 0 Å². The van der Waals surface area contributed by atoms with Crippen molar-refractivity contribution in [3.8, 4) is 11.5 Å². The largest absolute Gasteiger partial charge is 0.485 e. The van der Waals surface area contributed by atoms with E-state index in [1.165, 1.54) is 0 Å². The summed E-state index contributed by atoms with van der Waals surface area (Å²) in [6, 6.07) is 9.55. The van der Waals surface area contributed by atoms with E-state index in [4.69, 9.17) is 9.47 Å². The van der Waals surface area contributed by atoms with E-state index in [2.05, 4.69) is 4.98 Å². The second-order valence-corrected chi connectivity index (χ2v) is 5.46. The maximum atomic E-state index is 11.8. The van der Waals surface area contributed by atoms with E-state index in [1.54, 1.807) is 31.4 Å². The van der Waals surface area contributed by atoms with Crippen LogP contribution < -0.4 is 9.47 Å². The molecule has 2 aromatic rings. The van der Waals surface area contributed by atoms with Crippen LogP contribution in [-0.4, -0.2) is 36.5 Å². The Kier molecular flexibility index (Phi) is 3.96. The maximum Gasteiger partial charge on any atom is 0.226 e. The fourth-order valence-electron chi connectivity index (χ4n) is 2.30. The minimum absolute atomic E-state index is 0.0464. The van der Waals surface area contributed by atoms with Crippen molar-refractivity contribution in [2.45, 2.75) is 12.5 Å². The van der Waals surface area contributed by atoms with Crippen LogP contribution in [0.4, 0.5) is 0 Å². The number of amides is 1. The van der Waals surface area contributed by atoms with Crippen molar-refractivity contribution in [2.24, 2.45) is 0 Å². The van der Waals surface area contributed by atoms with Crippen molar-refractivity contribution in [1.29, 1.82) is 0 Å². The summed E-state index contributed by atoms with van der Waals surface area (Å²) < 4.78 is 11.7. The molecule has 5 nitrogen and oxygen atoms in total. The second kappa shape index (κ2) is 6.05. The quantitative estimate of drug-likeness (QED) is 0.872. The van der Waals surface area contributed by atoms with Crippen LogP contribution in [-0.2, 0) is 11.2 Å². The van der Waals surface area contributed by atoms with Crippen molar-refractivity contribution in [3.05, 3.63) is 53.9 Å². The molecule has 1 atom stereocenters. The topological polar surface area (TPSA) is 51.7 Å². The fraction of sp³-hybridized carbons (Fsp3) is 0.294. The van der Waals surface area contributed by atoms with Crippen LogP contribution >= 0.6 is 0 Å². The third-order valence-electron chi connectivity index (χ3n) is 3.55. The molecule has 0 saturated heterocycles. The standard InChI is InChI=1S/C17H18N2O3/c1-19(2)17(20)8-12-7-13(10-18-9-12)16-11-21-14-5-3-4-6-15(14)22-16/h3-7,9-10,16H,8,11H2,1-2H3. The number of hydrogen-bond donors (Lipinski definition) is 0. The first-order chi connectivity index (χ1) is 10.6. The van der Waals surface area contributed by atoms with Gasteiger partial charge in [-0.1, -0.05) is 12.1 Å². The van der Waals surface area contributed by atoms with Crippen LogP contribution in [0.5, 0.6) is 11.5 Å². The monoisotopic (exact) mass is 298 g/mol. The Morgan fingerprint density at radius 1 is 1.27 bits per heavy atom. The molecule has 22 heavy (non-hydrogen) atoms. The van der Waals surface area contributed by atoms with Gasteiger partial charge in [0, 0.05) is 32.1 Å². The van der Waals surface area contributed by atoms with E-state index in [9.17, 15) is 4.79 Å². The number of carbonyl (C=O) groups excluding carboxylic acids is 1. The molecule has 1 unspecified atom stereocenters. The molecule has 0 radical (unpaired) electrons. The molecule has 114 valence electrons. The lowest BCUT2D eigenvalue weighted by atomic mass is 10.1. The Morgan fingerprint density at radius 2 is 2.05 bits per heavy atom. The van der Waals surface area contributed by atoms with Crippen LogP contribution in [0.15, 0.2) is 42.7 Å². The van der Waals surface area contributed by atoms with E-state index < -0.39 is 0 Å². The molecule has 1 amide bonds. The van der Waals surface area contributed by atoms with Gasteiger partial charge in [-0.15, -0.1) is 0 Å². The Labute approximate surface area is 129 Å². The number of hydrogen-bond acceptors (Lipinski definition) is 4. The Balaban J connectivity index is 1.77. The summed E-state index contributed by atoms with van der Waals surface area (Å²) in [4.78, 5) is 17.6. The highest BCUT2D eigenvalue weighted by atomic mass is 16.6. The van der Waals surface area contributed by atoms with Gasteiger partial charge in [-0.2, -0.15) is 0 Å². The summed E-state index contributed by atoms with van der Waals surface area (Å²) in [7, 11) is 3.49. The van der Waals surface area contributed by atoms with Gasteiger partial charge in [0.05, 0.1) is 6.42 Å². The number of ether oxygens (including phenoxy) is 2. The molecule has 0 N–H and O–H groups in total. The average molecular weight is 298 g/mol. The molecule has 1 aliphatic heterocycles. The highest BCUT2D eigenvalue weighted by Crippen LogP contribution is 2.35. The number of pyridine rings is 1. The normalized spacial score (nSPS) is 16.2. The third kappa shape index (κ3) is 3.03. The van der Waals surface area contributed by atoms with E-state index in [0.29, 0.717) is 13.0 Å². The Hall–Kier alpha value is -2.56. The molecule has 0 saturated carbocycles. The molecule has 3 rings (SSSR count). The molecular weight excluding hydrogens is 280 g/mol. The van der Waals surface area contributed by atoms with Gasteiger partial charge in [0.25, 0.3) is 0 Å². The number of likely N-dealkylation sites (N-methyl/N-ethyl adjacent to an activating group) is 1. The second-order valence-electron chi connectivity index (χ2n) is 5.46. The van der Waals surface area contributed by atoms with Gasteiger partial charge >= 0.3 is 0 Å². The third-order valence-corrected chi connectivity index (χ3v) is 3.55. The van der Waals surface area contributed by atoms with Gasteiger partial charge in [0.1, 0.15) is 6.61 Å². The number of nitrogens with zero attached hydrogens (tertiary/aromatic N) is 2. The lowest BCUT2D eigenvalue weighted by Gasteiger charge is -2.26. The molecule has 1 aromatic heterocycles. The molecule has 0 bridgehead atoms. The average Bonchev–Trinajstić information content (AvgIpc) is 2.54. The van der Waals surface area contributed by atoms with Crippen LogP contribution in [0.1, 0.15) is 17.2 Å². The predicted molar refractivity (Wildman–Crippen MR) is 81.9 cm³/mol. The predicted octanol–water partition coefficient (Wildman–Crippen LogP) is 2.22. The molecule has 0 spiro atoms. The van der Waals surface area contributed by atoms with Crippen LogP contribution in [0, 0.1) is 0 Å². The van der Waals surface area contributed by atoms with Gasteiger partial charge < -0.3 is 14.4 Å². The summed E-state index contributed by atoms with van der Waals surface area (Å²) in [5.41, 5.74) is 1.79. The van der Waals surface area contributed by atoms with Crippen molar-refractivity contribution >= 4 is 5.91 Å². The Bertz CT molecular complexity index is 685. The van der Waals surface area contributed by atoms with Gasteiger partial charge in [-0.25, -0.2) is 0 Å². The van der Waals surface area contributed by atoms with Crippen LogP contribution in [0.3, 0.4) is 0 Å². The van der Waals surface area contributed by atoms with Gasteiger partial charge in [0.2, 0.25) is 5.91 Å². The van der Waals surface area contributed by atoms with Gasteiger partial charge in [-0.05, 0) is 23.8 Å². The summed E-state index contributed by atoms with van der Waals surface area (Å²) in [5.74, 6) is 1.53. The van der Waals surface area contributed by atoms with Crippen molar-refractivity contribution in [1.82, 2.24) is 9.88 Å². The first-order valence-corrected chi connectivity index (χ1v) is 7.16. The number of carbonyl (C=O) groups is 1. The summed E-state index contributed by atoms with van der Waals surface area (Å²) in [6.07, 6.45) is 3.59. The molecule has 5 heteroatoms. The molecule has 1 aromatic carbocycles. The minimum Gasteiger partial charge on any atom is -0.485 e. The zero-order valence-electron chi connectivity index (χ0n) is 12.7. The molecular formula is C17H18N2O3. The van der Waals surface area contributed by atoms with E-state index in [1.807, 2.05) is 30.3 Å². The smallest absolute Gasteiger partial charge is 0.226 e. The highest BCUT2D eigenvalue weighted by molar-refractivity contribution is 5.78. The first-order valence-electron chi connectivity index (χ1n) is 7.16. The lowest BCUT2D eigenvalue weighted by molar-refractivity contribution is -0.127. The van der Waals surface area contributed by atoms with E-state index in [0.717, 1.165) is 22.6 Å². The highest BCUT2D eigenvalue weighted by Gasteiger charge is 2.23. The van der Waals surface area contributed by atoms with Gasteiger partial charge in [-0.3, -0.25) is 9.78 Å². The number of benzene rings is 1. The molecule has 0 fully saturated rings. The minimum atomic E-state index is -0.211. The first kappa shape index (κ1) is 14.4. The van der Waals surface area contributed by atoms with Crippen LogP contribution in [0.25, 0.3) is 0 Å². The lowest BCUT2D eigenvalue weighted by Crippen LogP contribution is -2.24. The SMILES string of the molecule is CN(C)C(=O)Cc1cncc(C2COc3ccccc3O2)c1. The summed E-state index contributed by atoms with van der Waals surface area (Å²) in [5, 5.41) is 0. The Morgan fingerprint density at radius 3 is 2.82 bits per heavy atom. The fourth-order valence-corrected chi connectivity index (χ4v) is 2.30. The summed E-state index contributed by atoms with van der Waals surface area (Å²) in [6.45, 7) is 0.434. The van der Waals surface area contributed by atoms with Crippen molar-refractivity contribution < 1.29 is 14.3 Å². The summed E-state index contributed by atoms with van der Waals surface area (Å²) >= 11 is 0. The number of aromatic nitrogens is 1. The molecule has 2 heterocycles. The van der Waals surface area contributed by atoms with E-state index >= 15 is 0 Å². The number of rotatable bonds is 3. The van der Waals surface area contributed by atoms with E-state index in [-0.39, 0.29) is 12.0 Å². The number of para-hydroxylation sites is 2. The number of fused-ring (bicyclic) bond motifs is 1.